The lowest BCUT2D eigenvalue weighted by Gasteiger charge is -2.23. The van der Waals surface area contributed by atoms with Crippen molar-refractivity contribution in [2.45, 2.75) is 19.8 Å². The molecule has 9 heteroatoms. The summed E-state index contributed by atoms with van der Waals surface area (Å²) in [5.41, 5.74) is 2.94. The van der Waals surface area contributed by atoms with Crippen LogP contribution in [0.1, 0.15) is 17.7 Å². The molecule has 1 aliphatic heterocycles. The number of fused-ring (bicyclic) bond motifs is 1. The van der Waals surface area contributed by atoms with E-state index >= 15 is 0 Å². The molecule has 0 radical (unpaired) electrons. The average Bonchev–Trinajstić information content (AvgIpc) is 3.05. The summed E-state index contributed by atoms with van der Waals surface area (Å²) in [5, 5.41) is 20.8. The predicted molar refractivity (Wildman–Crippen MR) is 110 cm³/mol. The van der Waals surface area contributed by atoms with Crippen molar-refractivity contribution in [3.05, 3.63) is 76.0 Å². The first kappa shape index (κ1) is 19.3. The number of anilines is 2. The molecule has 1 unspecified atom stereocenters. The van der Waals surface area contributed by atoms with Crippen molar-refractivity contribution in [2.24, 2.45) is 5.92 Å². The Bertz CT molecular complexity index is 1120. The molecule has 2 heterocycles. The predicted octanol–water partition coefficient (Wildman–Crippen LogP) is 3.23. The van der Waals surface area contributed by atoms with E-state index in [0.29, 0.717) is 17.9 Å². The second-order valence-corrected chi connectivity index (χ2v) is 7.11. The van der Waals surface area contributed by atoms with Gasteiger partial charge in [0.05, 0.1) is 22.2 Å². The van der Waals surface area contributed by atoms with Crippen molar-refractivity contribution >= 4 is 29.0 Å². The maximum Gasteiger partial charge on any atom is 0.269 e. The molecular formula is C21H19N5O4. The van der Waals surface area contributed by atoms with Gasteiger partial charge in [0.2, 0.25) is 11.8 Å². The van der Waals surface area contributed by atoms with Gasteiger partial charge in [0.1, 0.15) is 5.82 Å². The highest BCUT2D eigenvalue weighted by molar-refractivity contribution is 6.00. The van der Waals surface area contributed by atoms with E-state index < -0.39 is 10.8 Å². The van der Waals surface area contributed by atoms with Crippen molar-refractivity contribution in [1.82, 2.24) is 9.78 Å². The number of nitrogens with zero attached hydrogens (tertiary/aromatic N) is 3. The number of aromatic nitrogens is 2. The van der Waals surface area contributed by atoms with Gasteiger partial charge >= 0.3 is 0 Å². The standard InChI is InChI=1S/C21H19N5O4/c1-13-18-11-14(12-19(27)22-15-7-9-17(10-8-15)26(29)30)21(28)23-20(18)25(24-13)16-5-3-2-4-6-16/h2-10,14H,11-12H2,1H3,(H,22,27)(H,23,28). The summed E-state index contributed by atoms with van der Waals surface area (Å²) in [6.07, 6.45) is 0.408. The highest BCUT2D eigenvalue weighted by Gasteiger charge is 2.32. The average molecular weight is 405 g/mol. The molecule has 2 aromatic carbocycles. The molecule has 9 nitrogen and oxygen atoms in total. The molecule has 30 heavy (non-hydrogen) atoms. The largest absolute Gasteiger partial charge is 0.326 e. The topological polar surface area (TPSA) is 119 Å². The molecule has 1 aromatic heterocycles. The number of benzene rings is 2. The molecule has 4 rings (SSSR count). The van der Waals surface area contributed by atoms with E-state index in [1.54, 1.807) is 4.68 Å². The Labute approximate surface area is 171 Å². The third-order valence-corrected chi connectivity index (χ3v) is 5.04. The van der Waals surface area contributed by atoms with Crippen LogP contribution in [0, 0.1) is 23.0 Å². The number of hydrogen-bond acceptors (Lipinski definition) is 5. The second kappa shape index (κ2) is 7.78. The third kappa shape index (κ3) is 3.77. The van der Waals surface area contributed by atoms with E-state index in [0.717, 1.165) is 16.9 Å². The van der Waals surface area contributed by atoms with Gasteiger partial charge in [-0.3, -0.25) is 19.7 Å². The quantitative estimate of drug-likeness (QED) is 0.499. The summed E-state index contributed by atoms with van der Waals surface area (Å²) in [7, 11) is 0. The first-order chi connectivity index (χ1) is 14.4. The van der Waals surface area contributed by atoms with Crippen LogP contribution in [-0.4, -0.2) is 26.5 Å². The van der Waals surface area contributed by atoms with E-state index in [9.17, 15) is 19.7 Å². The van der Waals surface area contributed by atoms with Gasteiger partial charge < -0.3 is 10.6 Å². The van der Waals surface area contributed by atoms with Crippen molar-refractivity contribution in [3.8, 4) is 5.69 Å². The van der Waals surface area contributed by atoms with Crippen molar-refractivity contribution in [3.63, 3.8) is 0 Å². The van der Waals surface area contributed by atoms with Gasteiger partial charge in [-0.15, -0.1) is 0 Å². The van der Waals surface area contributed by atoms with Gasteiger partial charge in [-0.1, -0.05) is 18.2 Å². The van der Waals surface area contributed by atoms with Crippen LogP contribution in [0.5, 0.6) is 0 Å². The Morgan fingerprint density at radius 2 is 1.93 bits per heavy atom. The maximum atomic E-state index is 12.7. The molecule has 0 saturated heterocycles. The van der Waals surface area contributed by atoms with Crippen LogP contribution in [0.4, 0.5) is 17.2 Å². The van der Waals surface area contributed by atoms with Gasteiger partial charge in [-0.2, -0.15) is 5.10 Å². The summed E-state index contributed by atoms with van der Waals surface area (Å²) >= 11 is 0. The summed E-state index contributed by atoms with van der Waals surface area (Å²) in [4.78, 5) is 35.3. The van der Waals surface area contributed by atoms with Gasteiger partial charge in [0, 0.05) is 29.8 Å². The fourth-order valence-electron chi connectivity index (χ4n) is 3.51. The van der Waals surface area contributed by atoms with Crippen LogP contribution >= 0.6 is 0 Å². The van der Waals surface area contributed by atoms with Gasteiger partial charge in [-0.25, -0.2) is 4.68 Å². The molecule has 1 atom stereocenters. The number of carbonyl (C=O) groups is 2. The first-order valence-corrected chi connectivity index (χ1v) is 9.41. The monoisotopic (exact) mass is 405 g/mol. The number of hydrogen-bond donors (Lipinski definition) is 2. The number of para-hydroxylation sites is 1. The SMILES string of the molecule is Cc1nn(-c2ccccc2)c2c1CC(CC(=O)Nc1ccc([N+](=O)[O-])cc1)C(=O)N2. The number of aryl methyl sites for hydroxylation is 1. The zero-order chi connectivity index (χ0) is 21.3. The fourth-order valence-corrected chi connectivity index (χ4v) is 3.51. The molecule has 1 aliphatic rings. The summed E-state index contributed by atoms with van der Waals surface area (Å²) in [5.74, 6) is -0.461. The molecule has 2 N–H and O–H groups in total. The molecule has 0 saturated carbocycles. The Kier molecular flexibility index (Phi) is 5.01. The Morgan fingerprint density at radius 1 is 1.23 bits per heavy atom. The highest BCUT2D eigenvalue weighted by Crippen LogP contribution is 2.32. The van der Waals surface area contributed by atoms with Gasteiger partial charge in [-0.05, 0) is 37.6 Å². The zero-order valence-electron chi connectivity index (χ0n) is 16.2. The van der Waals surface area contributed by atoms with E-state index in [1.807, 2.05) is 37.3 Å². The third-order valence-electron chi connectivity index (χ3n) is 5.04. The molecule has 3 aromatic rings. The summed E-state index contributed by atoms with van der Waals surface area (Å²) in [6.45, 7) is 1.88. The number of nitrogens with one attached hydrogen (secondary N) is 2. The summed E-state index contributed by atoms with van der Waals surface area (Å²) in [6, 6.07) is 15.1. The van der Waals surface area contributed by atoms with Crippen LogP contribution in [0.2, 0.25) is 0 Å². The van der Waals surface area contributed by atoms with Crippen molar-refractivity contribution in [1.29, 1.82) is 0 Å². The molecule has 0 aliphatic carbocycles. The minimum Gasteiger partial charge on any atom is -0.326 e. The Balaban J connectivity index is 1.47. The smallest absolute Gasteiger partial charge is 0.269 e. The number of carbonyl (C=O) groups excluding carboxylic acids is 2. The van der Waals surface area contributed by atoms with Crippen LogP contribution in [0.15, 0.2) is 54.6 Å². The minimum absolute atomic E-state index is 0.00177. The molecule has 0 spiro atoms. The normalized spacial score (nSPS) is 15.2. The number of nitro groups is 1. The fraction of sp³-hybridized carbons (Fsp3) is 0.190. The molecular weight excluding hydrogens is 386 g/mol. The number of nitro benzene ring substituents is 1. The van der Waals surface area contributed by atoms with E-state index in [2.05, 4.69) is 15.7 Å². The molecule has 0 fully saturated rings. The van der Waals surface area contributed by atoms with Crippen LogP contribution in [-0.2, 0) is 16.0 Å². The van der Waals surface area contributed by atoms with E-state index in [-0.39, 0.29) is 23.9 Å². The molecule has 0 bridgehead atoms. The van der Waals surface area contributed by atoms with Gasteiger partial charge in [0.25, 0.3) is 5.69 Å². The lowest BCUT2D eigenvalue weighted by atomic mass is 9.91. The molecule has 2 amide bonds. The molecule has 152 valence electrons. The Hall–Kier alpha value is -4.01. The summed E-state index contributed by atoms with van der Waals surface area (Å²) < 4.78 is 1.70. The highest BCUT2D eigenvalue weighted by atomic mass is 16.6. The maximum absolute atomic E-state index is 12.7. The second-order valence-electron chi connectivity index (χ2n) is 7.11. The van der Waals surface area contributed by atoms with Crippen molar-refractivity contribution < 1.29 is 14.5 Å². The van der Waals surface area contributed by atoms with E-state index in [4.69, 9.17) is 0 Å². The Morgan fingerprint density at radius 3 is 2.60 bits per heavy atom. The van der Waals surface area contributed by atoms with Crippen molar-refractivity contribution in [2.75, 3.05) is 10.6 Å². The minimum atomic E-state index is -0.525. The van der Waals surface area contributed by atoms with Crippen LogP contribution < -0.4 is 10.6 Å². The number of non-ortho nitro benzene ring substituents is 1. The van der Waals surface area contributed by atoms with Gasteiger partial charge in [0.15, 0.2) is 0 Å². The number of rotatable bonds is 5. The van der Waals surface area contributed by atoms with Crippen LogP contribution in [0.25, 0.3) is 5.69 Å². The lowest BCUT2D eigenvalue weighted by Crippen LogP contribution is -2.33. The zero-order valence-corrected chi connectivity index (χ0v) is 16.2. The van der Waals surface area contributed by atoms with E-state index in [1.165, 1.54) is 24.3 Å². The van der Waals surface area contributed by atoms with Crippen LogP contribution in [0.3, 0.4) is 0 Å². The first-order valence-electron chi connectivity index (χ1n) is 9.41. The number of amides is 2. The lowest BCUT2D eigenvalue weighted by molar-refractivity contribution is -0.384.